The molecule has 111 valence electrons. The van der Waals surface area contributed by atoms with Gasteiger partial charge in [-0.1, -0.05) is 0 Å². The Morgan fingerprint density at radius 2 is 2.05 bits per heavy atom. The fourth-order valence-electron chi connectivity index (χ4n) is 3.30. The molecule has 1 atom stereocenters. The molecule has 1 aromatic rings. The number of hydrogen-bond acceptors (Lipinski definition) is 2. The van der Waals surface area contributed by atoms with Gasteiger partial charge in [-0.05, 0) is 0 Å². The van der Waals surface area contributed by atoms with E-state index in [9.17, 15) is 4.79 Å². The van der Waals surface area contributed by atoms with E-state index in [-0.39, 0.29) is 43.7 Å². The van der Waals surface area contributed by atoms with Crippen LogP contribution in [0.4, 0.5) is 0 Å². The largest absolute Gasteiger partial charge is 1.00 e. The van der Waals surface area contributed by atoms with Crippen LogP contribution < -0.4 is 35.3 Å². The number of rotatable bonds is 3. The average Bonchev–Trinajstić information content (AvgIpc) is 2.74. The maximum Gasteiger partial charge on any atom is -1.00 e. The van der Waals surface area contributed by atoms with Gasteiger partial charge in [-0.2, -0.15) is 0 Å². The van der Waals surface area contributed by atoms with Crippen molar-refractivity contribution in [1.82, 2.24) is 5.32 Å². The molecule has 7 heteroatoms. The van der Waals surface area contributed by atoms with Crippen LogP contribution in [0.25, 0.3) is 5.70 Å². The van der Waals surface area contributed by atoms with E-state index in [1.807, 2.05) is 0 Å². The van der Waals surface area contributed by atoms with Gasteiger partial charge in [0.25, 0.3) is 0 Å². The summed E-state index contributed by atoms with van der Waals surface area (Å²) in [6.07, 6.45) is 0.179. The van der Waals surface area contributed by atoms with Crippen LogP contribution in [-0.2, 0) is 29.5 Å². The van der Waals surface area contributed by atoms with Crippen LogP contribution in [0.15, 0.2) is 23.4 Å². The van der Waals surface area contributed by atoms with Crippen LogP contribution in [0.5, 0.6) is 0 Å². The summed E-state index contributed by atoms with van der Waals surface area (Å²) in [5, 5.41) is 14.9. The number of nitrogens with one attached hydrogen (secondary N) is 1. The van der Waals surface area contributed by atoms with Gasteiger partial charge < -0.3 is 24.8 Å². The van der Waals surface area contributed by atoms with Crippen molar-refractivity contribution in [2.24, 2.45) is 0 Å². The molecule has 3 rings (SSSR count). The first-order valence-electron chi connectivity index (χ1n) is 6.48. The number of halogens is 2. The van der Waals surface area contributed by atoms with Crippen molar-refractivity contribution in [3.05, 3.63) is 34.5 Å². The Morgan fingerprint density at radius 3 is 2.67 bits per heavy atom. The molecular weight excluding hydrogens is 404 g/mol. The van der Waals surface area contributed by atoms with Crippen molar-refractivity contribution >= 4 is 24.9 Å². The molecule has 0 spiro atoms. The Balaban J connectivity index is 0.00000110. The van der Waals surface area contributed by atoms with Gasteiger partial charge in [0.15, 0.2) is 0 Å². The Bertz CT molecular complexity index is 619. The van der Waals surface area contributed by atoms with Crippen molar-refractivity contribution in [2.45, 2.75) is 23.1 Å². The molecule has 3 nitrogen and oxygen atoms in total. The summed E-state index contributed by atoms with van der Waals surface area (Å²) in [7, 11) is -1.58. The van der Waals surface area contributed by atoms with Gasteiger partial charge in [0.1, 0.15) is 0 Å². The molecule has 0 aromatic heterocycles. The van der Waals surface area contributed by atoms with Crippen LogP contribution in [0.3, 0.4) is 0 Å². The minimum Gasteiger partial charge on any atom is -1.00 e. The SMILES string of the molecule is C[Si]1(C)C2=C(NC(=O)CCO)c3c(cccc31)[CH]2[Zr+2].[Cl-].[Cl-]. The van der Waals surface area contributed by atoms with E-state index < -0.39 is 8.07 Å². The summed E-state index contributed by atoms with van der Waals surface area (Å²) in [6.45, 7) is 4.64. The maximum absolute atomic E-state index is 11.8. The Hall–Kier alpha value is 0.0700. The molecule has 0 radical (unpaired) electrons. The molecule has 2 N–H and O–H groups in total. The number of hydrogen-bond donors (Lipinski definition) is 2. The molecule has 0 saturated carbocycles. The molecule has 1 amide bonds. The zero-order valence-electron chi connectivity index (χ0n) is 11.8. The first-order valence-corrected chi connectivity index (χ1v) is 10.9. The predicted molar refractivity (Wildman–Crippen MR) is 73.1 cm³/mol. The van der Waals surface area contributed by atoms with Crippen LogP contribution in [0.1, 0.15) is 21.2 Å². The zero-order chi connectivity index (χ0) is 13.8. The van der Waals surface area contributed by atoms with Crippen molar-refractivity contribution in [3.8, 4) is 0 Å². The molecule has 0 fully saturated rings. The molecule has 1 heterocycles. The molecule has 0 saturated heterocycles. The van der Waals surface area contributed by atoms with Gasteiger partial charge in [-0.3, -0.25) is 0 Å². The molecule has 2 bridgehead atoms. The van der Waals surface area contributed by atoms with Gasteiger partial charge in [-0.15, -0.1) is 0 Å². The molecule has 1 unspecified atom stereocenters. The topological polar surface area (TPSA) is 49.3 Å². The molecule has 1 aromatic carbocycles. The smallest absolute Gasteiger partial charge is 1.00 e. The monoisotopic (exact) mass is 418 g/mol. The Labute approximate surface area is 153 Å². The number of benzene rings is 1. The van der Waals surface area contributed by atoms with E-state index in [0.717, 1.165) is 5.70 Å². The van der Waals surface area contributed by atoms with Crippen molar-refractivity contribution in [3.63, 3.8) is 0 Å². The zero-order valence-corrected chi connectivity index (χ0v) is 16.8. The van der Waals surface area contributed by atoms with E-state index in [4.69, 9.17) is 5.11 Å². The van der Waals surface area contributed by atoms with Crippen molar-refractivity contribution in [2.75, 3.05) is 6.61 Å². The van der Waals surface area contributed by atoms with Crippen LogP contribution in [0, 0.1) is 0 Å². The van der Waals surface area contributed by atoms with Gasteiger partial charge in [0, 0.05) is 0 Å². The van der Waals surface area contributed by atoms with Gasteiger partial charge in [0.2, 0.25) is 0 Å². The fourth-order valence-corrected chi connectivity index (χ4v) is 10.3. The normalized spacial score (nSPS) is 20.0. The van der Waals surface area contributed by atoms with Gasteiger partial charge in [-0.25, -0.2) is 0 Å². The minimum atomic E-state index is -1.58. The average molecular weight is 421 g/mol. The minimum absolute atomic E-state index is 0. The second-order valence-electron chi connectivity index (χ2n) is 5.64. The summed E-state index contributed by atoms with van der Waals surface area (Å²) >= 11 is 1.50. The summed E-state index contributed by atoms with van der Waals surface area (Å²) in [6, 6.07) is 6.56. The van der Waals surface area contributed by atoms with E-state index >= 15 is 0 Å². The summed E-state index contributed by atoms with van der Waals surface area (Å²) in [5.74, 6) is -0.0765. The van der Waals surface area contributed by atoms with Crippen LogP contribution in [-0.4, -0.2) is 25.7 Å². The second kappa shape index (κ2) is 6.67. The third-order valence-electron chi connectivity index (χ3n) is 4.17. The third-order valence-corrected chi connectivity index (χ3v) is 10.00. The summed E-state index contributed by atoms with van der Waals surface area (Å²) < 4.78 is 0.516. The maximum atomic E-state index is 11.8. The Kier molecular flexibility index (Phi) is 6.08. The molecule has 21 heavy (non-hydrogen) atoms. The number of carbonyl (C=O) groups excluding carboxylic acids is 1. The van der Waals surface area contributed by atoms with E-state index in [0.29, 0.717) is 3.63 Å². The molecule has 1 aliphatic heterocycles. The first kappa shape index (κ1) is 19.1. The number of allylic oxidation sites excluding steroid dienone is 1. The van der Waals surface area contributed by atoms with E-state index in [1.165, 1.54) is 46.2 Å². The predicted octanol–water partition coefficient (Wildman–Crippen LogP) is -5.03. The molecule has 1 aliphatic carbocycles. The van der Waals surface area contributed by atoms with Crippen molar-refractivity contribution in [1.29, 1.82) is 0 Å². The first-order chi connectivity index (χ1) is 8.98. The van der Waals surface area contributed by atoms with E-state index in [1.54, 1.807) is 0 Å². The summed E-state index contributed by atoms with van der Waals surface area (Å²) in [5.41, 5.74) is 3.75. The number of carbonyl (C=O) groups is 1. The van der Waals surface area contributed by atoms with E-state index in [2.05, 4.69) is 36.6 Å². The van der Waals surface area contributed by atoms with Crippen LogP contribution >= 0.6 is 0 Å². The number of aliphatic hydroxyl groups is 1. The van der Waals surface area contributed by atoms with Crippen LogP contribution in [0.2, 0.25) is 13.1 Å². The van der Waals surface area contributed by atoms with Crippen molar-refractivity contribution < 1.29 is 59.4 Å². The number of aliphatic hydroxyl groups excluding tert-OH is 1. The molecule has 2 aliphatic rings. The fraction of sp³-hybridized carbons (Fsp3) is 0.357. The summed E-state index contributed by atoms with van der Waals surface area (Å²) in [4.78, 5) is 11.8. The Morgan fingerprint density at radius 1 is 1.38 bits per heavy atom. The number of amides is 1. The van der Waals surface area contributed by atoms with Gasteiger partial charge >= 0.3 is 129 Å². The molecular formula is C14H16Cl2NO2SiZr. The van der Waals surface area contributed by atoms with Gasteiger partial charge in [0.05, 0.1) is 0 Å². The second-order valence-corrected chi connectivity index (χ2v) is 11.4. The quantitative estimate of drug-likeness (QED) is 0.481. The standard InChI is InChI=1S/C14H16NO2Si.2ClH.Zr/c1-18(2)10-5-3-4-9-8-11(18)14(13(9)10)15-12(17)6-7-16;;;/h3-5,8,16H,6-7H2,1-2H3,(H,15,17);2*1H;/q;;;+2/p-2. The third kappa shape index (κ3) is 2.72.